The lowest BCUT2D eigenvalue weighted by Gasteiger charge is -2.22. The molecule has 0 aromatic heterocycles. The van der Waals surface area contributed by atoms with Gasteiger partial charge in [0.2, 0.25) is 0 Å². The number of aliphatic imine (C=N–C) groups is 1. The summed E-state index contributed by atoms with van der Waals surface area (Å²) in [7, 11) is 0. The van der Waals surface area contributed by atoms with E-state index in [9.17, 15) is 0 Å². The number of nitriles is 1. The number of rotatable bonds is 7. The van der Waals surface area contributed by atoms with Gasteiger partial charge in [-0.25, -0.2) is 0 Å². The summed E-state index contributed by atoms with van der Waals surface area (Å²) in [6, 6.07) is 15.7. The van der Waals surface area contributed by atoms with E-state index in [1.807, 2.05) is 61.0 Å². The smallest absolute Gasteiger partial charge is 0.183 e. The number of halogens is 2. The van der Waals surface area contributed by atoms with Gasteiger partial charge in [0.1, 0.15) is 0 Å². The van der Waals surface area contributed by atoms with Crippen molar-refractivity contribution in [2.45, 2.75) is 13.1 Å². The second-order valence-electron chi connectivity index (χ2n) is 5.59. The van der Waals surface area contributed by atoms with E-state index in [-0.39, 0.29) is 0 Å². The monoisotopic (exact) mass is 406 g/mol. The first kappa shape index (κ1) is 20.6. The quantitative estimate of drug-likeness (QED) is 0.311. The molecule has 2 rings (SSSR count). The zero-order valence-electron chi connectivity index (χ0n) is 14.5. The summed E-state index contributed by atoms with van der Waals surface area (Å²) in [5, 5.41) is 13.4. The molecule has 136 valence electrons. The summed E-state index contributed by atoms with van der Waals surface area (Å²) in [5.74, 6) is 0. The topological polar surface area (TPSA) is 51.4 Å². The Morgan fingerprint density at radius 3 is 1.96 bits per heavy atom. The maximum absolute atomic E-state index is 8.72. The van der Waals surface area contributed by atoms with Gasteiger partial charge in [0.15, 0.2) is 11.4 Å². The highest BCUT2D eigenvalue weighted by molar-refractivity contribution is 8.13. The number of nitrogens with one attached hydrogen (secondary N) is 1. The summed E-state index contributed by atoms with van der Waals surface area (Å²) in [5.41, 5.74) is 2.38. The maximum atomic E-state index is 8.72. The SMILES string of the molecule is CSC(=NCCN(Cc1ccc(Cl)cc1)Cc1ccc(Cl)cc1)NC#N. The van der Waals surface area contributed by atoms with E-state index in [4.69, 9.17) is 28.5 Å². The van der Waals surface area contributed by atoms with E-state index in [1.165, 1.54) is 22.9 Å². The highest BCUT2D eigenvalue weighted by Gasteiger charge is 2.08. The predicted molar refractivity (Wildman–Crippen MR) is 112 cm³/mol. The fourth-order valence-electron chi connectivity index (χ4n) is 2.41. The van der Waals surface area contributed by atoms with E-state index in [2.05, 4.69) is 15.2 Å². The highest BCUT2D eigenvalue weighted by Crippen LogP contribution is 2.15. The van der Waals surface area contributed by atoms with Gasteiger partial charge in [0.05, 0.1) is 6.54 Å². The molecule has 2 aromatic rings. The Balaban J connectivity index is 2.05. The van der Waals surface area contributed by atoms with E-state index in [0.717, 1.165) is 29.7 Å². The molecule has 0 atom stereocenters. The van der Waals surface area contributed by atoms with Gasteiger partial charge in [-0.3, -0.25) is 15.2 Å². The van der Waals surface area contributed by atoms with Crippen LogP contribution in [-0.4, -0.2) is 29.4 Å². The third-order valence-electron chi connectivity index (χ3n) is 3.67. The number of benzene rings is 2. The molecular weight excluding hydrogens is 387 g/mol. The average molecular weight is 407 g/mol. The van der Waals surface area contributed by atoms with Crippen molar-refractivity contribution >= 4 is 40.1 Å². The summed E-state index contributed by atoms with van der Waals surface area (Å²) in [6.07, 6.45) is 3.80. The van der Waals surface area contributed by atoms with Crippen molar-refractivity contribution in [2.24, 2.45) is 4.99 Å². The van der Waals surface area contributed by atoms with Crippen LogP contribution < -0.4 is 5.32 Å². The zero-order chi connectivity index (χ0) is 18.8. The molecule has 7 heteroatoms. The molecule has 0 unspecified atom stereocenters. The van der Waals surface area contributed by atoms with Crippen LogP contribution >= 0.6 is 35.0 Å². The first-order valence-electron chi connectivity index (χ1n) is 8.05. The highest BCUT2D eigenvalue weighted by atomic mass is 35.5. The normalized spacial score (nSPS) is 11.4. The molecule has 0 spiro atoms. The van der Waals surface area contributed by atoms with Crippen LogP contribution in [0.2, 0.25) is 10.0 Å². The van der Waals surface area contributed by atoms with Gasteiger partial charge in [0, 0.05) is 29.7 Å². The summed E-state index contributed by atoms with van der Waals surface area (Å²) in [4.78, 5) is 6.75. The number of hydrogen-bond acceptors (Lipinski definition) is 4. The van der Waals surface area contributed by atoms with Crippen LogP contribution in [0, 0.1) is 11.5 Å². The Hall–Kier alpha value is -1.71. The van der Waals surface area contributed by atoms with Crippen LogP contribution in [0.4, 0.5) is 0 Å². The number of thioether (sulfide) groups is 1. The Bertz CT molecular complexity index is 707. The summed E-state index contributed by atoms with van der Waals surface area (Å²) >= 11 is 13.4. The van der Waals surface area contributed by atoms with Crippen LogP contribution in [0.5, 0.6) is 0 Å². The first-order chi connectivity index (χ1) is 12.6. The molecule has 1 N–H and O–H groups in total. The van der Waals surface area contributed by atoms with Crippen molar-refractivity contribution in [1.82, 2.24) is 10.2 Å². The zero-order valence-corrected chi connectivity index (χ0v) is 16.8. The van der Waals surface area contributed by atoms with Crippen LogP contribution in [0.3, 0.4) is 0 Å². The maximum Gasteiger partial charge on any atom is 0.183 e. The summed E-state index contributed by atoms with van der Waals surface area (Å²) < 4.78 is 0. The molecular formula is C19H20Cl2N4S. The Morgan fingerprint density at radius 1 is 1.04 bits per heavy atom. The van der Waals surface area contributed by atoms with Gasteiger partial charge in [-0.15, -0.1) is 0 Å². The third-order valence-corrected chi connectivity index (χ3v) is 4.79. The number of hydrogen-bond donors (Lipinski definition) is 1. The van der Waals surface area contributed by atoms with Gasteiger partial charge in [-0.2, -0.15) is 5.26 Å². The largest absolute Gasteiger partial charge is 0.293 e. The Labute approximate surface area is 168 Å². The average Bonchev–Trinajstić information content (AvgIpc) is 2.64. The Kier molecular flexibility index (Phi) is 8.79. The van der Waals surface area contributed by atoms with Gasteiger partial charge in [-0.1, -0.05) is 59.2 Å². The molecule has 0 saturated heterocycles. The second kappa shape index (κ2) is 11.1. The number of amidine groups is 1. The second-order valence-corrected chi connectivity index (χ2v) is 7.26. The van der Waals surface area contributed by atoms with Crippen molar-refractivity contribution < 1.29 is 0 Å². The molecule has 0 aliphatic heterocycles. The van der Waals surface area contributed by atoms with Crippen molar-refractivity contribution in [2.75, 3.05) is 19.3 Å². The molecule has 0 fully saturated rings. The molecule has 0 aliphatic carbocycles. The van der Waals surface area contributed by atoms with Gasteiger partial charge < -0.3 is 0 Å². The minimum Gasteiger partial charge on any atom is -0.293 e. The lowest BCUT2D eigenvalue weighted by molar-refractivity contribution is 0.264. The van der Waals surface area contributed by atoms with E-state index in [0.29, 0.717) is 11.7 Å². The van der Waals surface area contributed by atoms with Crippen molar-refractivity contribution in [1.29, 1.82) is 5.26 Å². The molecule has 0 saturated carbocycles. The summed E-state index contributed by atoms with van der Waals surface area (Å²) in [6.45, 7) is 2.94. The fraction of sp³-hybridized carbons (Fsp3) is 0.263. The molecule has 0 bridgehead atoms. The van der Waals surface area contributed by atoms with Crippen molar-refractivity contribution in [3.8, 4) is 6.19 Å². The Morgan fingerprint density at radius 2 is 1.54 bits per heavy atom. The van der Waals surface area contributed by atoms with Crippen molar-refractivity contribution in [3.05, 3.63) is 69.7 Å². The van der Waals surface area contributed by atoms with E-state index < -0.39 is 0 Å². The standard InChI is InChI=1S/C19H20Cl2N4S/c1-26-19(24-14-22)23-10-11-25(12-15-2-6-17(20)7-3-15)13-16-4-8-18(21)9-5-16/h2-9H,10-13H2,1H3,(H,23,24). The van der Waals surface area contributed by atoms with Gasteiger partial charge in [-0.05, 0) is 41.6 Å². The molecule has 4 nitrogen and oxygen atoms in total. The molecule has 26 heavy (non-hydrogen) atoms. The van der Waals surface area contributed by atoms with Crippen molar-refractivity contribution in [3.63, 3.8) is 0 Å². The molecule has 0 amide bonds. The molecule has 2 aromatic carbocycles. The van der Waals surface area contributed by atoms with Crippen LogP contribution in [0.25, 0.3) is 0 Å². The predicted octanol–water partition coefficient (Wildman–Crippen LogP) is 4.79. The minimum absolute atomic E-state index is 0.603. The third kappa shape index (κ3) is 7.27. The molecule has 0 radical (unpaired) electrons. The van der Waals surface area contributed by atoms with Crippen LogP contribution in [-0.2, 0) is 13.1 Å². The van der Waals surface area contributed by atoms with Crippen LogP contribution in [0.15, 0.2) is 53.5 Å². The number of nitrogens with zero attached hydrogens (tertiary/aromatic N) is 3. The van der Waals surface area contributed by atoms with E-state index in [1.54, 1.807) is 0 Å². The first-order valence-corrected chi connectivity index (χ1v) is 10.0. The lowest BCUT2D eigenvalue weighted by atomic mass is 10.1. The lowest BCUT2D eigenvalue weighted by Crippen LogP contribution is -2.26. The minimum atomic E-state index is 0.603. The molecule has 0 heterocycles. The fourth-order valence-corrected chi connectivity index (χ4v) is 3.03. The van der Waals surface area contributed by atoms with Crippen LogP contribution in [0.1, 0.15) is 11.1 Å². The molecule has 0 aliphatic rings. The van der Waals surface area contributed by atoms with E-state index >= 15 is 0 Å². The van der Waals surface area contributed by atoms with Gasteiger partial charge >= 0.3 is 0 Å². The van der Waals surface area contributed by atoms with Gasteiger partial charge in [0.25, 0.3) is 0 Å².